The van der Waals surface area contributed by atoms with E-state index in [1.165, 1.54) is 6.26 Å². The number of ether oxygens (including phenoxy) is 1. The Bertz CT molecular complexity index is 799. The van der Waals surface area contributed by atoms with Crippen LogP contribution in [0, 0.1) is 0 Å². The fourth-order valence-corrected chi connectivity index (χ4v) is 3.97. The van der Waals surface area contributed by atoms with E-state index in [0.29, 0.717) is 13.1 Å². The quantitative estimate of drug-likeness (QED) is 0.741. The van der Waals surface area contributed by atoms with Crippen molar-refractivity contribution in [1.29, 1.82) is 0 Å². The minimum Gasteiger partial charge on any atom is -0.376 e. The zero-order valence-corrected chi connectivity index (χ0v) is 15.4. The highest BCUT2D eigenvalue weighted by atomic mass is 32.2. The van der Waals surface area contributed by atoms with Crippen LogP contribution in [0.4, 0.5) is 0 Å². The summed E-state index contributed by atoms with van der Waals surface area (Å²) in [6.45, 7) is 2.60. The summed E-state index contributed by atoms with van der Waals surface area (Å²) in [5.41, 5.74) is 1.99. The molecule has 25 heavy (non-hydrogen) atoms. The van der Waals surface area contributed by atoms with Gasteiger partial charge in [0, 0.05) is 38.3 Å². The molecule has 3 heterocycles. The molecule has 0 saturated carbocycles. The highest BCUT2D eigenvalue weighted by molar-refractivity contribution is 7.90. The van der Waals surface area contributed by atoms with E-state index in [1.807, 2.05) is 25.4 Å². The van der Waals surface area contributed by atoms with E-state index in [0.717, 1.165) is 37.3 Å². The van der Waals surface area contributed by atoms with E-state index in [2.05, 4.69) is 14.9 Å². The van der Waals surface area contributed by atoms with E-state index in [9.17, 15) is 8.42 Å². The minimum absolute atomic E-state index is 0.0529. The molecule has 2 aromatic rings. The lowest BCUT2D eigenvalue weighted by molar-refractivity contribution is 0.0934. The summed E-state index contributed by atoms with van der Waals surface area (Å²) < 4.78 is 31.6. The van der Waals surface area contributed by atoms with Gasteiger partial charge in [-0.3, -0.25) is 9.88 Å². The number of sulfone groups is 1. The van der Waals surface area contributed by atoms with Crippen LogP contribution < -0.4 is 0 Å². The normalized spacial score (nSPS) is 18.1. The third kappa shape index (κ3) is 4.65. The van der Waals surface area contributed by atoms with E-state index in [-0.39, 0.29) is 11.3 Å². The molecule has 1 atom stereocenters. The standard InChI is InChI=1S/C17H24N4O3S/c1-20(11-14-5-3-7-18-9-14)12-15-10-19-17(25(2,22)23)21(15)13-16-6-4-8-24-16/h3,5,7,9-10,16H,4,6,8,11-13H2,1-2H3/t16-/m0/s1. The summed E-state index contributed by atoms with van der Waals surface area (Å²) in [5.74, 6) is 0. The molecular formula is C17H24N4O3S. The molecular weight excluding hydrogens is 340 g/mol. The molecule has 1 saturated heterocycles. The van der Waals surface area contributed by atoms with Crippen LogP contribution in [-0.2, 0) is 34.2 Å². The molecule has 136 valence electrons. The second-order valence-electron chi connectivity index (χ2n) is 6.58. The third-order valence-corrected chi connectivity index (χ3v) is 5.24. The molecule has 8 heteroatoms. The molecule has 2 aromatic heterocycles. The Morgan fingerprint density at radius 3 is 2.84 bits per heavy atom. The van der Waals surface area contributed by atoms with Gasteiger partial charge in [0.05, 0.1) is 24.5 Å². The van der Waals surface area contributed by atoms with Gasteiger partial charge >= 0.3 is 0 Å². The molecule has 0 unspecified atom stereocenters. The first kappa shape index (κ1) is 18.0. The monoisotopic (exact) mass is 364 g/mol. The number of pyridine rings is 1. The lowest BCUT2D eigenvalue weighted by atomic mass is 10.2. The Balaban J connectivity index is 1.78. The van der Waals surface area contributed by atoms with Crippen molar-refractivity contribution in [1.82, 2.24) is 19.4 Å². The molecule has 3 rings (SSSR count). The summed E-state index contributed by atoms with van der Waals surface area (Å²) in [6, 6.07) is 3.93. The van der Waals surface area contributed by atoms with Gasteiger partial charge in [-0.15, -0.1) is 0 Å². The fraction of sp³-hybridized carbons (Fsp3) is 0.529. The Morgan fingerprint density at radius 1 is 1.36 bits per heavy atom. The maximum atomic E-state index is 12.1. The Kier molecular flexibility index (Phi) is 5.51. The van der Waals surface area contributed by atoms with Gasteiger partial charge in [0.1, 0.15) is 0 Å². The fourth-order valence-electron chi connectivity index (χ4n) is 3.14. The molecule has 0 radical (unpaired) electrons. The van der Waals surface area contributed by atoms with Crippen molar-refractivity contribution in [2.75, 3.05) is 19.9 Å². The number of hydrogen-bond donors (Lipinski definition) is 0. The van der Waals surface area contributed by atoms with Crippen LogP contribution in [0.3, 0.4) is 0 Å². The van der Waals surface area contributed by atoms with Crippen LogP contribution in [0.5, 0.6) is 0 Å². The Morgan fingerprint density at radius 2 is 2.20 bits per heavy atom. The summed E-state index contributed by atoms with van der Waals surface area (Å²) in [4.78, 5) is 10.4. The van der Waals surface area contributed by atoms with Crippen molar-refractivity contribution in [2.45, 2.75) is 43.7 Å². The molecule has 0 amide bonds. The lowest BCUT2D eigenvalue weighted by Gasteiger charge is -2.20. The molecule has 1 aliphatic rings. The van der Waals surface area contributed by atoms with Gasteiger partial charge in [-0.2, -0.15) is 0 Å². The molecule has 0 aromatic carbocycles. The van der Waals surface area contributed by atoms with Crippen LogP contribution in [0.15, 0.2) is 35.9 Å². The van der Waals surface area contributed by atoms with Crippen molar-refractivity contribution in [3.63, 3.8) is 0 Å². The summed E-state index contributed by atoms with van der Waals surface area (Å²) in [7, 11) is -1.38. The first-order valence-corrected chi connectivity index (χ1v) is 10.3. The third-order valence-electron chi connectivity index (χ3n) is 4.25. The van der Waals surface area contributed by atoms with Crippen LogP contribution >= 0.6 is 0 Å². The largest absolute Gasteiger partial charge is 0.376 e. The highest BCUT2D eigenvalue weighted by Gasteiger charge is 2.24. The molecule has 1 fully saturated rings. The average molecular weight is 364 g/mol. The van der Waals surface area contributed by atoms with Crippen molar-refractivity contribution in [3.8, 4) is 0 Å². The number of imidazole rings is 1. The molecule has 7 nitrogen and oxygen atoms in total. The Labute approximate surface area is 148 Å². The SMILES string of the molecule is CN(Cc1cccnc1)Cc1cnc(S(C)(=O)=O)n1C[C@@H]1CCCO1. The van der Waals surface area contributed by atoms with E-state index in [4.69, 9.17) is 4.74 Å². The average Bonchev–Trinajstić information content (AvgIpc) is 3.19. The van der Waals surface area contributed by atoms with Gasteiger partial charge in [-0.1, -0.05) is 6.07 Å². The van der Waals surface area contributed by atoms with Gasteiger partial charge in [-0.25, -0.2) is 13.4 Å². The molecule has 0 spiro atoms. The first-order chi connectivity index (χ1) is 11.9. The first-order valence-electron chi connectivity index (χ1n) is 8.37. The van der Waals surface area contributed by atoms with Gasteiger partial charge in [0.25, 0.3) is 0 Å². The zero-order valence-electron chi connectivity index (χ0n) is 14.6. The molecule has 1 aliphatic heterocycles. The second-order valence-corrected chi connectivity index (χ2v) is 8.49. The smallest absolute Gasteiger partial charge is 0.227 e. The van der Waals surface area contributed by atoms with Crippen molar-refractivity contribution >= 4 is 9.84 Å². The minimum atomic E-state index is -3.38. The summed E-state index contributed by atoms with van der Waals surface area (Å²) in [6.07, 6.45) is 8.46. The topological polar surface area (TPSA) is 77.3 Å². The van der Waals surface area contributed by atoms with Crippen molar-refractivity contribution in [2.24, 2.45) is 0 Å². The predicted molar refractivity (Wildman–Crippen MR) is 93.7 cm³/mol. The number of hydrogen-bond acceptors (Lipinski definition) is 6. The van der Waals surface area contributed by atoms with Gasteiger partial charge < -0.3 is 9.30 Å². The van der Waals surface area contributed by atoms with Crippen molar-refractivity contribution in [3.05, 3.63) is 42.0 Å². The van der Waals surface area contributed by atoms with Gasteiger partial charge in [0.15, 0.2) is 0 Å². The summed E-state index contributed by atoms with van der Waals surface area (Å²) >= 11 is 0. The maximum absolute atomic E-state index is 12.1. The Hall–Kier alpha value is -1.77. The second kappa shape index (κ2) is 7.63. The van der Waals surface area contributed by atoms with Crippen LogP contribution in [0.1, 0.15) is 24.1 Å². The van der Waals surface area contributed by atoms with Crippen LogP contribution in [0.25, 0.3) is 0 Å². The number of aromatic nitrogens is 3. The van der Waals surface area contributed by atoms with Crippen LogP contribution in [0.2, 0.25) is 0 Å². The molecule has 0 aliphatic carbocycles. The molecule has 0 N–H and O–H groups in total. The van der Waals surface area contributed by atoms with Gasteiger partial charge in [-0.05, 0) is 31.5 Å². The maximum Gasteiger partial charge on any atom is 0.227 e. The predicted octanol–water partition coefficient (Wildman–Crippen LogP) is 1.49. The zero-order chi connectivity index (χ0) is 17.9. The summed E-state index contributed by atoms with van der Waals surface area (Å²) in [5, 5.41) is 0.118. The highest BCUT2D eigenvalue weighted by Crippen LogP contribution is 2.20. The number of nitrogens with zero attached hydrogens (tertiary/aromatic N) is 4. The van der Waals surface area contributed by atoms with E-state index < -0.39 is 9.84 Å². The van der Waals surface area contributed by atoms with Gasteiger partial charge in [0.2, 0.25) is 15.0 Å². The molecule has 0 bridgehead atoms. The number of rotatable bonds is 7. The van der Waals surface area contributed by atoms with Crippen molar-refractivity contribution < 1.29 is 13.2 Å². The van der Waals surface area contributed by atoms with Crippen LogP contribution in [-0.4, -0.2) is 53.9 Å². The lowest BCUT2D eigenvalue weighted by Crippen LogP contribution is -2.24. The van der Waals surface area contributed by atoms with E-state index >= 15 is 0 Å². The van der Waals surface area contributed by atoms with E-state index in [1.54, 1.807) is 17.0 Å².